The van der Waals surface area contributed by atoms with Crippen molar-refractivity contribution in [2.45, 2.75) is 26.4 Å². The summed E-state index contributed by atoms with van der Waals surface area (Å²) in [5.41, 5.74) is -1.81. The van der Waals surface area contributed by atoms with E-state index in [9.17, 15) is 22.4 Å². The molecule has 1 rings (SSSR count). The molecule has 0 heterocycles. The molecule has 19 heavy (non-hydrogen) atoms. The van der Waals surface area contributed by atoms with Gasteiger partial charge in [-0.3, -0.25) is 4.79 Å². The SMILES string of the molecule is CC(C)(C)OC(=O)CNc1c(F)c(F)cc(F)c1F. The number of rotatable bonds is 3. The maximum Gasteiger partial charge on any atom is 0.325 e. The van der Waals surface area contributed by atoms with Gasteiger partial charge in [-0.2, -0.15) is 0 Å². The van der Waals surface area contributed by atoms with Gasteiger partial charge in [0.15, 0.2) is 23.3 Å². The van der Waals surface area contributed by atoms with Crippen LogP contribution in [0.2, 0.25) is 0 Å². The highest BCUT2D eigenvalue weighted by Gasteiger charge is 2.21. The largest absolute Gasteiger partial charge is 0.459 e. The number of carbonyl (C=O) groups excluding carboxylic acids is 1. The number of hydrogen-bond acceptors (Lipinski definition) is 3. The Kier molecular flexibility index (Phi) is 4.39. The summed E-state index contributed by atoms with van der Waals surface area (Å²) in [6.45, 7) is 4.20. The Morgan fingerprint density at radius 3 is 2.05 bits per heavy atom. The number of ether oxygens (including phenoxy) is 1. The Bertz CT molecular complexity index is 471. The van der Waals surface area contributed by atoms with Crippen LogP contribution in [0.4, 0.5) is 23.2 Å². The number of anilines is 1. The van der Waals surface area contributed by atoms with E-state index < -0.39 is 47.1 Å². The van der Waals surface area contributed by atoms with Crippen molar-refractivity contribution in [1.82, 2.24) is 0 Å². The normalized spacial score (nSPS) is 11.3. The maximum atomic E-state index is 13.2. The monoisotopic (exact) mass is 279 g/mol. The minimum Gasteiger partial charge on any atom is -0.459 e. The van der Waals surface area contributed by atoms with Gasteiger partial charge in [0, 0.05) is 6.07 Å². The fourth-order valence-electron chi connectivity index (χ4n) is 1.27. The lowest BCUT2D eigenvalue weighted by atomic mass is 10.2. The van der Waals surface area contributed by atoms with Crippen LogP contribution in [0.1, 0.15) is 20.8 Å². The van der Waals surface area contributed by atoms with E-state index in [2.05, 4.69) is 0 Å². The quantitative estimate of drug-likeness (QED) is 0.525. The van der Waals surface area contributed by atoms with Crippen LogP contribution in [0.5, 0.6) is 0 Å². The summed E-state index contributed by atoms with van der Waals surface area (Å²) in [4.78, 5) is 11.3. The first-order valence-corrected chi connectivity index (χ1v) is 5.40. The molecule has 106 valence electrons. The molecule has 0 spiro atoms. The molecular weight excluding hydrogens is 266 g/mol. The molecule has 0 aromatic heterocycles. The van der Waals surface area contributed by atoms with Gasteiger partial charge in [-0.25, -0.2) is 17.6 Å². The van der Waals surface area contributed by atoms with Crippen molar-refractivity contribution < 1.29 is 27.1 Å². The van der Waals surface area contributed by atoms with Gasteiger partial charge in [0.25, 0.3) is 0 Å². The van der Waals surface area contributed by atoms with E-state index in [4.69, 9.17) is 4.74 Å². The highest BCUT2D eigenvalue weighted by molar-refractivity contribution is 5.75. The van der Waals surface area contributed by atoms with Gasteiger partial charge in [-0.05, 0) is 20.8 Å². The van der Waals surface area contributed by atoms with Crippen LogP contribution in [0.25, 0.3) is 0 Å². The van der Waals surface area contributed by atoms with Crippen LogP contribution in [-0.2, 0) is 9.53 Å². The number of carbonyl (C=O) groups is 1. The lowest BCUT2D eigenvalue weighted by Gasteiger charge is -2.20. The first-order chi connectivity index (χ1) is 8.61. The average molecular weight is 279 g/mol. The van der Waals surface area contributed by atoms with Gasteiger partial charge in [0.2, 0.25) is 0 Å². The topological polar surface area (TPSA) is 38.3 Å². The summed E-state index contributed by atoms with van der Waals surface area (Å²) in [6.07, 6.45) is 0. The van der Waals surface area contributed by atoms with E-state index in [1.54, 1.807) is 20.8 Å². The van der Waals surface area contributed by atoms with Gasteiger partial charge in [0.05, 0.1) is 0 Å². The summed E-state index contributed by atoms with van der Waals surface area (Å²) >= 11 is 0. The molecule has 0 atom stereocenters. The van der Waals surface area contributed by atoms with Crippen LogP contribution in [-0.4, -0.2) is 18.1 Å². The van der Waals surface area contributed by atoms with Crippen molar-refractivity contribution in [1.29, 1.82) is 0 Å². The van der Waals surface area contributed by atoms with Crippen molar-refractivity contribution >= 4 is 11.7 Å². The number of hydrogen-bond donors (Lipinski definition) is 1. The van der Waals surface area contributed by atoms with Crippen LogP contribution in [0.3, 0.4) is 0 Å². The van der Waals surface area contributed by atoms with Crippen molar-refractivity contribution in [3.63, 3.8) is 0 Å². The molecule has 0 aliphatic rings. The molecule has 0 saturated carbocycles. The van der Waals surface area contributed by atoms with E-state index in [0.717, 1.165) is 0 Å². The standard InChI is InChI=1S/C12H13F4NO2/c1-12(2,3)19-8(18)5-17-11-9(15)6(13)4-7(14)10(11)16/h4,17H,5H2,1-3H3. The first-order valence-electron chi connectivity index (χ1n) is 5.40. The van der Waals surface area contributed by atoms with Crippen LogP contribution in [0, 0.1) is 23.3 Å². The minimum absolute atomic E-state index is 0.0866. The number of benzene rings is 1. The fourth-order valence-corrected chi connectivity index (χ4v) is 1.27. The third-order valence-electron chi connectivity index (χ3n) is 1.94. The molecule has 0 amide bonds. The number of esters is 1. The van der Waals surface area contributed by atoms with Crippen molar-refractivity contribution in [2.24, 2.45) is 0 Å². The van der Waals surface area contributed by atoms with Crippen LogP contribution in [0.15, 0.2) is 6.07 Å². The highest BCUT2D eigenvalue weighted by atomic mass is 19.2. The zero-order valence-corrected chi connectivity index (χ0v) is 10.6. The van der Waals surface area contributed by atoms with Crippen LogP contribution < -0.4 is 5.32 Å². The Hall–Kier alpha value is -1.79. The van der Waals surface area contributed by atoms with Gasteiger partial charge in [-0.1, -0.05) is 0 Å². The molecule has 0 unspecified atom stereocenters. The van der Waals surface area contributed by atoms with E-state index in [0.29, 0.717) is 0 Å². The molecule has 1 aromatic carbocycles. The minimum atomic E-state index is -1.59. The summed E-state index contributed by atoms with van der Waals surface area (Å²) in [7, 11) is 0. The predicted molar refractivity (Wildman–Crippen MR) is 60.6 cm³/mol. The van der Waals surface area contributed by atoms with Gasteiger partial charge < -0.3 is 10.1 Å². The van der Waals surface area contributed by atoms with Crippen LogP contribution >= 0.6 is 0 Å². The Balaban J connectivity index is 2.81. The molecule has 1 aromatic rings. The zero-order valence-electron chi connectivity index (χ0n) is 10.6. The second-order valence-corrected chi connectivity index (χ2v) is 4.78. The van der Waals surface area contributed by atoms with E-state index in [1.165, 1.54) is 0 Å². The third-order valence-corrected chi connectivity index (χ3v) is 1.94. The predicted octanol–water partition coefficient (Wildman–Crippen LogP) is 3.00. The summed E-state index contributed by atoms with van der Waals surface area (Å²) in [5.74, 6) is -7.10. The summed E-state index contributed by atoms with van der Waals surface area (Å²) in [6, 6.07) is 0.0866. The Morgan fingerprint density at radius 1 is 1.16 bits per heavy atom. The zero-order chi connectivity index (χ0) is 14.8. The van der Waals surface area contributed by atoms with Crippen molar-refractivity contribution in [2.75, 3.05) is 11.9 Å². The molecule has 7 heteroatoms. The number of nitrogens with one attached hydrogen (secondary N) is 1. The molecule has 1 N–H and O–H groups in total. The molecule has 0 bridgehead atoms. The fraction of sp³-hybridized carbons (Fsp3) is 0.417. The van der Waals surface area contributed by atoms with E-state index in [1.807, 2.05) is 5.32 Å². The Morgan fingerprint density at radius 2 is 1.63 bits per heavy atom. The molecule has 0 aliphatic heterocycles. The Labute approximate surface area is 107 Å². The molecule has 0 saturated heterocycles. The van der Waals surface area contributed by atoms with Gasteiger partial charge in [0.1, 0.15) is 17.8 Å². The number of halogens is 4. The first kappa shape index (κ1) is 15.3. The van der Waals surface area contributed by atoms with Gasteiger partial charge in [-0.15, -0.1) is 0 Å². The molecule has 0 fully saturated rings. The van der Waals surface area contributed by atoms with Crippen molar-refractivity contribution in [3.8, 4) is 0 Å². The van der Waals surface area contributed by atoms with Crippen molar-refractivity contribution in [3.05, 3.63) is 29.3 Å². The van der Waals surface area contributed by atoms with Gasteiger partial charge >= 0.3 is 5.97 Å². The van der Waals surface area contributed by atoms with E-state index in [-0.39, 0.29) is 6.07 Å². The average Bonchev–Trinajstić information content (AvgIpc) is 2.24. The maximum absolute atomic E-state index is 13.2. The summed E-state index contributed by atoms with van der Waals surface area (Å²) in [5, 5.41) is 1.98. The molecule has 0 aliphatic carbocycles. The summed E-state index contributed by atoms with van der Waals surface area (Å²) < 4.78 is 57.1. The molecule has 3 nitrogen and oxygen atoms in total. The lowest BCUT2D eigenvalue weighted by molar-refractivity contribution is -0.152. The third kappa shape index (κ3) is 4.11. The smallest absolute Gasteiger partial charge is 0.325 e. The highest BCUT2D eigenvalue weighted by Crippen LogP contribution is 2.23. The second kappa shape index (κ2) is 5.46. The molecular formula is C12H13F4NO2. The van der Waals surface area contributed by atoms with E-state index >= 15 is 0 Å². The second-order valence-electron chi connectivity index (χ2n) is 4.78. The molecule has 0 radical (unpaired) electrons. The lowest BCUT2D eigenvalue weighted by Crippen LogP contribution is -2.28.